The summed E-state index contributed by atoms with van der Waals surface area (Å²) < 4.78 is 5.27. The summed E-state index contributed by atoms with van der Waals surface area (Å²) in [5, 5.41) is 9.21. The average Bonchev–Trinajstić information content (AvgIpc) is 2.38. The molecule has 2 aromatic rings. The van der Waals surface area contributed by atoms with Gasteiger partial charge in [0.25, 0.3) is 0 Å². The maximum atomic E-state index is 11.2. The Balaban J connectivity index is 2.70. The van der Waals surface area contributed by atoms with Crippen molar-refractivity contribution in [3.63, 3.8) is 0 Å². The van der Waals surface area contributed by atoms with Gasteiger partial charge < -0.3 is 9.84 Å². The van der Waals surface area contributed by atoms with Crippen LogP contribution in [0.1, 0.15) is 15.9 Å². The molecule has 0 saturated carbocycles. The summed E-state index contributed by atoms with van der Waals surface area (Å²) in [4.78, 5) is 11.2. The Kier molecular flexibility index (Phi) is 3.33. The van der Waals surface area contributed by atoms with Gasteiger partial charge in [0.05, 0.1) is 7.11 Å². The smallest absolute Gasteiger partial charge is 0.339 e. The van der Waals surface area contributed by atoms with Crippen LogP contribution >= 0.6 is 0 Å². The molecule has 0 aliphatic carbocycles. The van der Waals surface area contributed by atoms with Gasteiger partial charge in [0.1, 0.15) is 11.3 Å². The van der Waals surface area contributed by atoms with Gasteiger partial charge in [-0.2, -0.15) is 0 Å². The Morgan fingerprint density at radius 3 is 2.39 bits per heavy atom. The first-order chi connectivity index (χ1) is 8.63. The van der Waals surface area contributed by atoms with E-state index in [1.807, 2.05) is 43.3 Å². The molecule has 0 unspecified atom stereocenters. The number of aromatic carboxylic acids is 1. The maximum Gasteiger partial charge on any atom is 0.339 e. The van der Waals surface area contributed by atoms with Crippen LogP contribution < -0.4 is 4.74 Å². The molecular weight excluding hydrogens is 228 g/mol. The Labute approximate surface area is 106 Å². The van der Waals surface area contributed by atoms with E-state index in [1.165, 1.54) is 7.11 Å². The highest BCUT2D eigenvalue weighted by Gasteiger charge is 2.16. The van der Waals surface area contributed by atoms with Gasteiger partial charge in [-0.25, -0.2) is 4.79 Å². The zero-order chi connectivity index (χ0) is 13.1. The predicted molar refractivity (Wildman–Crippen MR) is 70.1 cm³/mol. The minimum absolute atomic E-state index is 0.191. The number of carboxylic acid groups (broad SMARTS) is 1. The van der Waals surface area contributed by atoms with Gasteiger partial charge in [0, 0.05) is 5.56 Å². The third-order valence-corrected chi connectivity index (χ3v) is 2.75. The largest absolute Gasteiger partial charge is 0.495 e. The summed E-state index contributed by atoms with van der Waals surface area (Å²) in [5.74, 6) is -0.577. The van der Waals surface area contributed by atoms with Gasteiger partial charge in [-0.05, 0) is 30.2 Å². The van der Waals surface area contributed by atoms with E-state index in [2.05, 4.69) is 0 Å². The van der Waals surface area contributed by atoms with E-state index in [-0.39, 0.29) is 5.56 Å². The molecule has 0 bridgehead atoms. The minimum atomic E-state index is -0.979. The molecule has 3 heteroatoms. The van der Waals surface area contributed by atoms with Crippen molar-refractivity contribution >= 4 is 5.97 Å². The molecule has 3 nitrogen and oxygen atoms in total. The van der Waals surface area contributed by atoms with Crippen LogP contribution in [0.2, 0.25) is 0 Å². The van der Waals surface area contributed by atoms with E-state index in [0.29, 0.717) is 5.75 Å². The van der Waals surface area contributed by atoms with Crippen molar-refractivity contribution in [3.05, 3.63) is 53.6 Å². The van der Waals surface area contributed by atoms with Crippen molar-refractivity contribution < 1.29 is 14.6 Å². The lowest BCUT2D eigenvalue weighted by Gasteiger charge is -2.13. The van der Waals surface area contributed by atoms with Crippen LogP contribution in [0.3, 0.4) is 0 Å². The van der Waals surface area contributed by atoms with E-state index in [1.54, 1.807) is 6.07 Å². The van der Waals surface area contributed by atoms with Crippen LogP contribution in [0.25, 0.3) is 11.1 Å². The second kappa shape index (κ2) is 4.92. The number of aryl methyl sites for hydroxylation is 1. The van der Waals surface area contributed by atoms with Gasteiger partial charge in [0.2, 0.25) is 0 Å². The lowest BCUT2D eigenvalue weighted by atomic mass is 9.98. The normalized spacial score (nSPS) is 10.1. The van der Waals surface area contributed by atoms with E-state index in [4.69, 9.17) is 4.74 Å². The molecule has 2 aromatic carbocycles. The molecule has 0 heterocycles. The van der Waals surface area contributed by atoms with Crippen molar-refractivity contribution in [2.24, 2.45) is 0 Å². The highest BCUT2D eigenvalue weighted by molar-refractivity contribution is 5.94. The van der Waals surface area contributed by atoms with E-state index < -0.39 is 5.97 Å². The highest BCUT2D eigenvalue weighted by Crippen LogP contribution is 2.34. The Bertz CT molecular complexity index is 574. The number of carboxylic acids is 1. The zero-order valence-corrected chi connectivity index (χ0v) is 10.3. The molecule has 1 N–H and O–H groups in total. The molecule has 0 saturated heterocycles. The van der Waals surface area contributed by atoms with Crippen LogP contribution in [0, 0.1) is 6.92 Å². The highest BCUT2D eigenvalue weighted by atomic mass is 16.5. The lowest BCUT2D eigenvalue weighted by molar-refractivity contribution is 0.0693. The maximum absolute atomic E-state index is 11.2. The van der Waals surface area contributed by atoms with Gasteiger partial charge in [-0.3, -0.25) is 0 Å². The molecule has 0 aliphatic heterocycles. The van der Waals surface area contributed by atoms with Crippen molar-refractivity contribution in [3.8, 4) is 16.9 Å². The second-order valence-electron chi connectivity index (χ2n) is 4.06. The minimum Gasteiger partial charge on any atom is -0.495 e. The molecule has 0 amide bonds. The fraction of sp³-hybridized carbons (Fsp3) is 0.133. The van der Waals surface area contributed by atoms with E-state index in [0.717, 1.165) is 16.7 Å². The zero-order valence-electron chi connectivity index (χ0n) is 10.3. The van der Waals surface area contributed by atoms with Crippen LogP contribution in [-0.2, 0) is 0 Å². The van der Waals surface area contributed by atoms with Gasteiger partial charge >= 0.3 is 5.97 Å². The Morgan fingerprint density at radius 1 is 1.17 bits per heavy atom. The number of hydrogen-bond acceptors (Lipinski definition) is 2. The van der Waals surface area contributed by atoms with Crippen LogP contribution in [-0.4, -0.2) is 18.2 Å². The molecule has 2 rings (SSSR count). The fourth-order valence-electron chi connectivity index (χ4n) is 1.98. The summed E-state index contributed by atoms with van der Waals surface area (Å²) in [6, 6.07) is 13.2. The monoisotopic (exact) mass is 242 g/mol. The molecule has 0 radical (unpaired) electrons. The summed E-state index contributed by atoms with van der Waals surface area (Å²) >= 11 is 0. The van der Waals surface area contributed by atoms with Crippen molar-refractivity contribution in [1.82, 2.24) is 0 Å². The molecule has 92 valence electrons. The number of ether oxygens (including phenoxy) is 1. The molecular formula is C15H14O3. The SMILES string of the molecule is COc1c(C(=O)O)cc(C)cc1-c1ccccc1. The first-order valence-corrected chi connectivity index (χ1v) is 5.61. The van der Waals surface area contributed by atoms with Gasteiger partial charge in [-0.1, -0.05) is 30.3 Å². The van der Waals surface area contributed by atoms with E-state index in [9.17, 15) is 9.90 Å². The van der Waals surface area contributed by atoms with Gasteiger partial charge in [0.15, 0.2) is 0 Å². The summed E-state index contributed by atoms with van der Waals surface area (Å²) in [6.45, 7) is 1.87. The predicted octanol–water partition coefficient (Wildman–Crippen LogP) is 3.37. The number of benzene rings is 2. The summed E-state index contributed by atoms with van der Waals surface area (Å²) in [5.41, 5.74) is 2.83. The van der Waals surface area contributed by atoms with Gasteiger partial charge in [-0.15, -0.1) is 0 Å². The number of carbonyl (C=O) groups is 1. The molecule has 0 aliphatic rings. The van der Waals surface area contributed by atoms with Crippen LogP contribution in [0.15, 0.2) is 42.5 Å². The number of rotatable bonds is 3. The Morgan fingerprint density at radius 2 is 1.83 bits per heavy atom. The lowest BCUT2D eigenvalue weighted by Crippen LogP contribution is -2.02. The first-order valence-electron chi connectivity index (χ1n) is 5.61. The molecule has 0 fully saturated rings. The third kappa shape index (κ3) is 2.20. The number of hydrogen-bond donors (Lipinski definition) is 1. The van der Waals surface area contributed by atoms with Crippen LogP contribution in [0.4, 0.5) is 0 Å². The van der Waals surface area contributed by atoms with Crippen LogP contribution in [0.5, 0.6) is 5.75 Å². The molecule has 0 spiro atoms. The standard InChI is InChI=1S/C15H14O3/c1-10-8-12(11-6-4-3-5-7-11)14(18-2)13(9-10)15(16)17/h3-9H,1-2H3,(H,16,17). The van der Waals surface area contributed by atoms with Crippen molar-refractivity contribution in [2.45, 2.75) is 6.92 Å². The molecule has 0 aromatic heterocycles. The molecule has 0 atom stereocenters. The third-order valence-electron chi connectivity index (χ3n) is 2.75. The van der Waals surface area contributed by atoms with E-state index >= 15 is 0 Å². The molecule has 18 heavy (non-hydrogen) atoms. The average molecular weight is 242 g/mol. The first kappa shape index (κ1) is 12.2. The summed E-state index contributed by atoms with van der Waals surface area (Å²) in [7, 11) is 1.49. The Hall–Kier alpha value is -2.29. The fourth-order valence-corrected chi connectivity index (χ4v) is 1.98. The topological polar surface area (TPSA) is 46.5 Å². The number of methoxy groups -OCH3 is 1. The second-order valence-corrected chi connectivity index (χ2v) is 4.06. The van der Waals surface area contributed by atoms with Crippen molar-refractivity contribution in [2.75, 3.05) is 7.11 Å². The summed E-state index contributed by atoms with van der Waals surface area (Å²) in [6.07, 6.45) is 0. The van der Waals surface area contributed by atoms with Crippen molar-refractivity contribution in [1.29, 1.82) is 0 Å². The quantitative estimate of drug-likeness (QED) is 0.897.